The molecule has 1 aromatic heterocycles. The van der Waals surface area contributed by atoms with Gasteiger partial charge < -0.3 is 79.0 Å². The fraction of sp³-hybridized carbons (Fsp3) is 0.463. The number of benzene rings is 2. The molecule has 2 aromatic carbocycles. The lowest BCUT2D eigenvalue weighted by Gasteiger charge is -2.46. The summed E-state index contributed by atoms with van der Waals surface area (Å²) < 4.78 is 31.8. The van der Waals surface area contributed by atoms with Gasteiger partial charge in [0.1, 0.15) is 24.4 Å². The van der Waals surface area contributed by atoms with Gasteiger partial charge in [0.15, 0.2) is 52.2 Å². The minimum absolute atomic E-state index is 0.00519. The molecule has 4 aliphatic heterocycles. The second kappa shape index (κ2) is 22.5. The second-order valence-electron chi connectivity index (χ2n) is 19.5. The highest BCUT2D eigenvalue weighted by Crippen LogP contribution is 2.45. The number of H-pyrrole nitrogens is 1. The summed E-state index contributed by atoms with van der Waals surface area (Å²) in [5.74, 6) is 3.23. The number of nitrogens with one attached hydrogen (secondary N) is 1. The van der Waals surface area contributed by atoms with E-state index in [2.05, 4.69) is 24.9 Å². The summed E-state index contributed by atoms with van der Waals surface area (Å²) in [7, 11) is 4.72. The molecule has 3 aliphatic carbocycles. The molecule has 19 nitrogen and oxygen atoms in total. The molecule has 2 fully saturated rings. The third-order valence-electron chi connectivity index (χ3n) is 14.4. The van der Waals surface area contributed by atoms with E-state index >= 15 is 0 Å². The van der Waals surface area contributed by atoms with E-state index in [9.17, 15) is 34.8 Å². The third kappa shape index (κ3) is 11.3. The molecular weight excluding hydrogens is 947 g/mol. The average Bonchev–Trinajstić information content (AvgIpc) is 3.99. The van der Waals surface area contributed by atoms with E-state index in [0.717, 1.165) is 27.7 Å². The van der Waals surface area contributed by atoms with Gasteiger partial charge in [-0.3, -0.25) is 9.59 Å². The Labute approximate surface area is 423 Å². The number of para-hydroxylation sites is 1. The predicted molar refractivity (Wildman–Crippen MR) is 265 cm³/mol. The number of amides is 2. The number of hydrogen-bond donors (Lipinski definition) is 8. The van der Waals surface area contributed by atoms with E-state index in [4.69, 9.17) is 43.7 Å². The van der Waals surface area contributed by atoms with Crippen molar-refractivity contribution in [2.24, 2.45) is 35.5 Å². The molecule has 0 radical (unpaired) electrons. The number of allylic oxidation sites excluding steroid dienone is 6. The Morgan fingerprint density at radius 2 is 1.26 bits per heavy atom. The fourth-order valence-electron chi connectivity index (χ4n) is 9.43. The van der Waals surface area contributed by atoms with Crippen LogP contribution in [-0.4, -0.2) is 140 Å². The number of aromatic amines is 1. The first-order valence-corrected chi connectivity index (χ1v) is 24.2. The van der Waals surface area contributed by atoms with Crippen LogP contribution in [0.15, 0.2) is 113 Å². The number of carbonyl (C=O) groups is 3. The Bertz CT molecular complexity index is 2720. The van der Waals surface area contributed by atoms with Gasteiger partial charge in [0.05, 0.1) is 26.8 Å². The van der Waals surface area contributed by atoms with Gasteiger partial charge in [-0.15, -0.1) is 0 Å². The van der Waals surface area contributed by atoms with Crippen molar-refractivity contribution < 1.29 is 78.6 Å². The first kappa shape index (κ1) is 53.9. The predicted octanol–water partition coefficient (Wildman–Crippen LogP) is 6.21. The van der Waals surface area contributed by atoms with Crippen molar-refractivity contribution in [1.29, 1.82) is 0 Å². The van der Waals surface area contributed by atoms with Gasteiger partial charge in [0.25, 0.3) is 0 Å². The molecule has 8 N–H and O–H groups in total. The summed E-state index contributed by atoms with van der Waals surface area (Å²) >= 11 is 0. The molecule has 5 heterocycles. The van der Waals surface area contributed by atoms with Crippen molar-refractivity contribution in [2.75, 3.05) is 34.6 Å². The number of aliphatic hydroxyl groups excluding tert-OH is 6. The maximum absolute atomic E-state index is 13.1. The summed E-state index contributed by atoms with van der Waals surface area (Å²) in [6, 6.07) is 12.9. The number of piperazine rings is 1. The molecule has 2 amide bonds. The lowest BCUT2D eigenvalue weighted by Crippen LogP contribution is -2.62. The van der Waals surface area contributed by atoms with Gasteiger partial charge in [-0.25, -0.2) is 4.79 Å². The van der Waals surface area contributed by atoms with Crippen molar-refractivity contribution in [1.82, 2.24) is 14.8 Å². The van der Waals surface area contributed by atoms with Crippen molar-refractivity contribution in [3.8, 4) is 11.5 Å². The fourth-order valence-corrected chi connectivity index (χ4v) is 9.43. The van der Waals surface area contributed by atoms with Crippen LogP contribution in [0.1, 0.15) is 64.4 Å². The first-order chi connectivity index (χ1) is 34.6. The van der Waals surface area contributed by atoms with Gasteiger partial charge in [-0.05, 0) is 101 Å². The zero-order valence-corrected chi connectivity index (χ0v) is 42.3. The number of aliphatic hydroxyl groups is 6. The molecule has 2 saturated heterocycles. The molecule has 13 atom stereocenters. The Hall–Kier alpha value is -6.93. The minimum atomic E-state index is -1.75. The van der Waals surface area contributed by atoms with Crippen LogP contribution < -0.4 is 9.47 Å². The number of ether oxygens (including phenoxy) is 6. The van der Waals surface area contributed by atoms with Crippen LogP contribution in [0.4, 0.5) is 0 Å². The molecule has 394 valence electrons. The monoisotopic (exact) mass is 1010 g/mol. The molecule has 19 heteroatoms. The van der Waals surface area contributed by atoms with Crippen LogP contribution in [0.25, 0.3) is 10.9 Å². The topological polar surface area (TPSA) is 270 Å². The van der Waals surface area contributed by atoms with E-state index in [1.807, 2.05) is 82.3 Å². The summed E-state index contributed by atoms with van der Waals surface area (Å²) in [6.45, 7) is 12.4. The first-order valence-electron chi connectivity index (χ1n) is 24.2. The Balaban J connectivity index is 0.000000157. The van der Waals surface area contributed by atoms with Gasteiger partial charge >= 0.3 is 5.97 Å². The lowest BCUT2D eigenvalue weighted by atomic mass is 9.86. The van der Waals surface area contributed by atoms with E-state index in [1.165, 1.54) is 12.0 Å². The number of nitrogens with zero attached hydrogens (tertiary/aromatic N) is 2. The normalized spacial score (nSPS) is 31.1. The van der Waals surface area contributed by atoms with Gasteiger partial charge in [-0.1, -0.05) is 65.8 Å². The molecule has 0 spiro atoms. The Kier molecular flexibility index (Phi) is 16.6. The summed E-state index contributed by atoms with van der Waals surface area (Å²) in [5, 5.41) is 66.9. The zero-order chi connectivity index (χ0) is 53.2. The Morgan fingerprint density at radius 1 is 0.699 bits per heavy atom. The highest BCUT2D eigenvalue weighted by atomic mass is 16.7. The molecule has 73 heavy (non-hydrogen) atoms. The highest BCUT2D eigenvalue weighted by Gasteiger charge is 2.49. The standard InChI is InChI=1S/C22H19N3O4.C15H22O8.C9H14O2.C8H12O2/c1-24-10-19(26)25-16(22(24)27)9-14-13-4-2-3-5-15(13)23-20(14)21(25)12-6-7-17-18(8-12)29-11-28-17;1-6-4-8(21-3)9(5-7(6)2)22-15-12(18)10(16)11(17)13(23-15)14(19)20;1-6-4-8(10)9(11-3)5-7(6)2;1-5-3-7(9)8(10)4-6(5)2/h2-8,16,21,23H,9-11H2,1H3;4-7,10-13,15-18H,1-3H3,(H,19,20);4-7,10H,1-3H3;3-6,9-10H,1-2H3/t16-,21-;6?,7?,10-,11-,12+,13-,15+;;/m10../s1. The number of aliphatic carboxylic acids is 1. The quantitative estimate of drug-likeness (QED) is 0.136. The summed E-state index contributed by atoms with van der Waals surface area (Å²) in [6.07, 6.45) is 3.02. The number of carboxylic acids is 1. The van der Waals surface area contributed by atoms with Crippen molar-refractivity contribution in [3.05, 3.63) is 130 Å². The largest absolute Gasteiger partial charge is 0.504 e. The zero-order valence-electron chi connectivity index (χ0n) is 42.3. The smallest absolute Gasteiger partial charge is 0.335 e. The molecule has 0 bridgehead atoms. The number of methoxy groups -OCH3 is 2. The number of aromatic nitrogens is 1. The molecule has 3 aromatic rings. The summed E-state index contributed by atoms with van der Waals surface area (Å²) in [4.78, 5) is 44.0. The van der Waals surface area contributed by atoms with Gasteiger partial charge in [0.2, 0.25) is 24.9 Å². The number of fused-ring (bicyclic) bond motifs is 5. The molecule has 0 saturated carbocycles. The second-order valence-corrected chi connectivity index (χ2v) is 19.5. The van der Waals surface area contributed by atoms with Crippen molar-refractivity contribution >= 4 is 28.7 Å². The van der Waals surface area contributed by atoms with E-state index in [-0.39, 0.29) is 66.1 Å². The van der Waals surface area contributed by atoms with E-state index < -0.39 is 42.7 Å². The van der Waals surface area contributed by atoms with E-state index in [1.54, 1.807) is 37.3 Å². The van der Waals surface area contributed by atoms with Crippen LogP contribution in [-0.2, 0) is 39.8 Å². The Morgan fingerprint density at radius 3 is 1.88 bits per heavy atom. The van der Waals surface area contributed by atoms with Crippen LogP contribution >= 0.6 is 0 Å². The average molecular weight is 1010 g/mol. The molecule has 7 aliphatic rings. The van der Waals surface area contributed by atoms with Crippen LogP contribution in [0.2, 0.25) is 0 Å². The maximum Gasteiger partial charge on any atom is 0.335 e. The molecule has 10 rings (SSSR count). The van der Waals surface area contributed by atoms with Crippen molar-refractivity contribution in [3.63, 3.8) is 0 Å². The van der Waals surface area contributed by atoms with Gasteiger partial charge in [-0.2, -0.15) is 0 Å². The number of hydrogen-bond acceptors (Lipinski definition) is 15. The SMILES string of the molecule is CC1C=C(O)C(O)=CC1C.CN1CC(=O)N2[C@H](c3ccc4c(c3)OCO4)c3[nH]c4ccccc4c3C[C@@H]2C1=O.COC1=CC(C)C(C)C=C1O.COC1=CC(C)C(C)C=C1O[C@@H]1O[C@H](C(=O)O)[C@@H](O)[C@H](O)[C@H]1O. The number of carbonyl (C=O) groups excluding carboxylic acids is 2. The number of rotatable bonds is 6. The number of carboxylic acid groups (broad SMARTS) is 1. The lowest BCUT2D eigenvalue weighted by molar-refractivity contribution is -0.284. The van der Waals surface area contributed by atoms with Crippen LogP contribution in [0.5, 0.6) is 11.5 Å². The molecular formula is C54H67N3O16. The van der Waals surface area contributed by atoms with Gasteiger partial charge in [0, 0.05) is 30.1 Å². The maximum atomic E-state index is 13.1. The number of likely N-dealkylation sites (N-methyl/N-ethyl adjacent to an activating group) is 1. The van der Waals surface area contributed by atoms with Crippen LogP contribution in [0, 0.1) is 35.5 Å². The third-order valence-corrected chi connectivity index (χ3v) is 14.4. The highest BCUT2D eigenvalue weighted by molar-refractivity contribution is 5.97. The van der Waals surface area contributed by atoms with E-state index in [0.29, 0.717) is 53.1 Å². The molecule has 6 unspecified atom stereocenters. The van der Waals surface area contributed by atoms with Crippen LogP contribution in [0.3, 0.4) is 0 Å². The minimum Gasteiger partial charge on any atom is -0.504 e. The summed E-state index contributed by atoms with van der Waals surface area (Å²) in [5.41, 5.74) is 3.97. The van der Waals surface area contributed by atoms with Crippen molar-refractivity contribution in [2.45, 2.75) is 90.8 Å².